The summed E-state index contributed by atoms with van der Waals surface area (Å²) in [6.07, 6.45) is 0. The predicted octanol–water partition coefficient (Wildman–Crippen LogP) is 2.34. The molecule has 1 aromatic carbocycles. The normalized spacial score (nSPS) is 10.2. The van der Waals surface area contributed by atoms with Crippen LogP contribution in [0, 0.1) is 0 Å². The van der Waals surface area contributed by atoms with E-state index in [1.807, 2.05) is 11.5 Å². The maximum Gasteiger partial charge on any atom is 0.350 e. The van der Waals surface area contributed by atoms with Crippen LogP contribution in [0.5, 0.6) is 5.88 Å². The average molecular weight is 387 g/mol. The molecule has 0 radical (unpaired) electrons. The monoisotopic (exact) mass is 385 g/mol. The zero-order chi connectivity index (χ0) is 16.1. The smallest absolute Gasteiger partial charge is 0.350 e. The lowest BCUT2D eigenvalue weighted by Gasteiger charge is -2.20. The maximum atomic E-state index is 11.6. The summed E-state index contributed by atoms with van der Waals surface area (Å²) in [5.74, 6) is 11.2. The molecule has 0 spiro atoms. The second-order valence-corrected chi connectivity index (χ2v) is 5.39. The third-order valence-electron chi connectivity index (χ3n) is 2.75. The first-order chi connectivity index (χ1) is 10.5. The number of anilines is 1. The van der Waals surface area contributed by atoms with E-state index in [0.29, 0.717) is 22.3 Å². The fraction of sp³-hybridized carbons (Fsp3) is 0.0769. The number of nitrogens with one attached hydrogen (secondary N) is 1. The van der Waals surface area contributed by atoms with Crippen molar-refractivity contribution in [3.8, 4) is 5.88 Å². The molecule has 0 saturated carbocycles. The van der Waals surface area contributed by atoms with Gasteiger partial charge < -0.3 is 4.74 Å². The third kappa shape index (κ3) is 3.86. The van der Waals surface area contributed by atoms with Crippen LogP contribution in [0.2, 0.25) is 5.15 Å². The van der Waals surface area contributed by atoms with Gasteiger partial charge in [0.15, 0.2) is 0 Å². The molecule has 2 amide bonds. The molecule has 0 aliphatic rings. The van der Waals surface area contributed by atoms with Crippen LogP contribution in [0.4, 0.5) is 10.5 Å². The van der Waals surface area contributed by atoms with Crippen molar-refractivity contribution >= 4 is 39.2 Å². The van der Waals surface area contributed by atoms with E-state index < -0.39 is 6.03 Å². The van der Waals surface area contributed by atoms with Crippen LogP contribution in [0.1, 0.15) is 5.56 Å². The quantitative estimate of drug-likeness (QED) is 0.324. The molecule has 0 unspecified atom stereocenters. The van der Waals surface area contributed by atoms with E-state index in [-0.39, 0.29) is 6.61 Å². The number of rotatable bonds is 4. The van der Waals surface area contributed by atoms with Gasteiger partial charge in [-0.1, -0.05) is 39.7 Å². The van der Waals surface area contributed by atoms with Gasteiger partial charge in [-0.15, -0.1) is 0 Å². The van der Waals surface area contributed by atoms with Crippen molar-refractivity contribution in [3.05, 3.63) is 51.6 Å². The predicted molar refractivity (Wildman–Crippen MR) is 87.1 cm³/mol. The van der Waals surface area contributed by atoms with E-state index in [0.717, 1.165) is 9.48 Å². The summed E-state index contributed by atoms with van der Waals surface area (Å²) >= 11 is 9.21. The molecule has 5 N–H and O–H groups in total. The summed E-state index contributed by atoms with van der Waals surface area (Å²) in [6, 6.07) is 9.61. The number of pyridine rings is 1. The van der Waals surface area contributed by atoms with Crippen molar-refractivity contribution in [2.75, 3.05) is 5.01 Å². The Bertz CT molecular complexity index is 685. The fourth-order valence-electron chi connectivity index (χ4n) is 1.71. The number of carbonyl (C=O) groups excluding carboxylic acids is 1. The molecule has 2 aromatic rings. The van der Waals surface area contributed by atoms with Gasteiger partial charge in [-0.3, -0.25) is 5.43 Å². The van der Waals surface area contributed by atoms with Crippen LogP contribution in [-0.4, -0.2) is 11.0 Å². The van der Waals surface area contributed by atoms with Gasteiger partial charge in [0.05, 0.1) is 5.69 Å². The Kier molecular flexibility index (Phi) is 5.56. The maximum absolute atomic E-state index is 11.6. The minimum atomic E-state index is -0.653. The Hall–Kier alpha value is -1.87. The van der Waals surface area contributed by atoms with Crippen LogP contribution >= 0.6 is 27.5 Å². The first-order valence-corrected chi connectivity index (χ1v) is 7.28. The van der Waals surface area contributed by atoms with Crippen molar-refractivity contribution < 1.29 is 9.53 Å². The van der Waals surface area contributed by atoms with E-state index in [4.69, 9.17) is 28.0 Å². The number of nitrogens with two attached hydrogens (primary N) is 2. The van der Waals surface area contributed by atoms with Gasteiger partial charge in [0, 0.05) is 16.1 Å². The number of halogens is 2. The van der Waals surface area contributed by atoms with E-state index in [1.54, 1.807) is 30.3 Å². The number of hydrogen-bond acceptors (Lipinski definition) is 5. The second-order valence-electron chi connectivity index (χ2n) is 4.14. The molecule has 0 aliphatic carbocycles. The minimum absolute atomic E-state index is 0.135. The number of amides is 2. The lowest BCUT2D eigenvalue weighted by molar-refractivity contribution is 0.246. The molecule has 1 aromatic heterocycles. The minimum Gasteiger partial charge on any atom is -0.473 e. The number of benzene rings is 1. The molecule has 0 fully saturated rings. The van der Waals surface area contributed by atoms with Crippen LogP contribution in [-0.2, 0) is 6.61 Å². The van der Waals surface area contributed by atoms with Gasteiger partial charge in [-0.25, -0.2) is 26.5 Å². The first-order valence-electron chi connectivity index (χ1n) is 6.11. The molecule has 7 nitrogen and oxygen atoms in total. The highest BCUT2D eigenvalue weighted by molar-refractivity contribution is 9.10. The van der Waals surface area contributed by atoms with Crippen LogP contribution in [0.15, 0.2) is 40.9 Å². The van der Waals surface area contributed by atoms with Crippen molar-refractivity contribution in [1.82, 2.24) is 10.4 Å². The summed E-state index contributed by atoms with van der Waals surface area (Å²) in [5.41, 5.74) is 3.07. The Morgan fingerprint density at radius 3 is 2.77 bits per heavy atom. The average Bonchev–Trinajstić information content (AvgIpc) is 2.52. The molecule has 116 valence electrons. The number of hydrogen-bond donors (Lipinski definition) is 3. The summed E-state index contributed by atoms with van der Waals surface area (Å²) in [5, 5.41) is 1.22. The number of carbonyl (C=O) groups is 1. The Labute approximate surface area is 140 Å². The first kappa shape index (κ1) is 16.5. The molecule has 0 bridgehead atoms. The number of hydrazine groups is 2. The summed E-state index contributed by atoms with van der Waals surface area (Å²) in [4.78, 5) is 15.6. The molecule has 0 aliphatic heterocycles. The van der Waals surface area contributed by atoms with Crippen molar-refractivity contribution in [2.45, 2.75) is 6.61 Å². The number of nitrogens with zero attached hydrogens (tertiary/aromatic N) is 2. The van der Waals surface area contributed by atoms with Crippen LogP contribution in [0.3, 0.4) is 0 Å². The second kappa shape index (κ2) is 7.41. The van der Waals surface area contributed by atoms with Gasteiger partial charge in [-0.2, -0.15) is 0 Å². The molecule has 0 saturated heterocycles. The number of aromatic nitrogens is 1. The van der Waals surface area contributed by atoms with E-state index in [2.05, 4.69) is 20.9 Å². The van der Waals surface area contributed by atoms with E-state index in [9.17, 15) is 4.79 Å². The molecule has 2 rings (SSSR count). The molecule has 9 heteroatoms. The molecule has 22 heavy (non-hydrogen) atoms. The van der Waals surface area contributed by atoms with Crippen LogP contribution < -0.4 is 26.9 Å². The summed E-state index contributed by atoms with van der Waals surface area (Å²) in [7, 11) is 0. The number of ether oxygens (including phenoxy) is 1. The van der Waals surface area contributed by atoms with Crippen molar-refractivity contribution in [3.63, 3.8) is 0 Å². The van der Waals surface area contributed by atoms with Gasteiger partial charge in [0.1, 0.15) is 11.8 Å². The zero-order valence-electron chi connectivity index (χ0n) is 11.3. The van der Waals surface area contributed by atoms with Crippen molar-refractivity contribution in [2.24, 2.45) is 11.7 Å². The van der Waals surface area contributed by atoms with Gasteiger partial charge in [0.25, 0.3) is 0 Å². The highest BCUT2D eigenvalue weighted by Gasteiger charge is 2.17. The lowest BCUT2D eigenvalue weighted by atomic mass is 10.2. The van der Waals surface area contributed by atoms with E-state index in [1.165, 1.54) is 0 Å². The van der Waals surface area contributed by atoms with E-state index >= 15 is 0 Å². The van der Waals surface area contributed by atoms with Crippen LogP contribution in [0.25, 0.3) is 0 Å². The zero-order valence-corrected chi connectivity index (χ0v) is 13.6. The molecular formula is C13H13BrClN5O2. The molecule has 0 atom stereocenters. The lowest BCUT2D eigenvalue weighted by Crippen LogP contribution is -2.48. The van der Waals surface area contributed by atoms with Gasteiger partial charge in [0.2, 0.25) is 5.88 Å². The Morgan fingerprint density at radius 2 is 2.09 bits per heavy atom. The third-order valence-corrected chi connectivity index (χ3v) is 3.70. The molecular weight excluding hydrogens is 374 g/mol. The van der Waals surface area contributed by atoms with Gasteiger partial charge in [-0.05, 0) is 18.2 Å². The van der Waals surface area contributed by atoms with Gasteiger partial charge >= 0.3 is 6.03 Å². The highest BCUT2D eigenvalue weighted by Crippen LogP contribution is 2.28. The number of urea groups is 1. The fourth-order valence-corrected chi connectivity index (χ4v) is 2.34. The Balaban J connectivity index is 2.24. The standard InChI is InChI=1S/C13H13BrClN5O2/c14-9-3-1-4-10(20(17)13(21)19-16)8(9)7-22-12-6-2-5-11(15)18-12/h1-6H,7,16-17H2,(H,19,21). The Morgan fingerprint density at radius 1 is 1.36 bits per heavy atom. The topological polar surface area (TPSA) is 106 Å². The molecule has 1 heterocycles. The van der Waals surface area contributed by atoms with Crippen molar-refractivity contribution in [1.29, 1.82) is 0 Å². The highest BCUT2D eigenvalue weighted by atomic mass is 79.9. The summed E-state index contributed by atoms with van der Waals surface area (Å²) < 4.78 is 6.32. The largest absolute Gasteiger partial charge is 0.473 e. The summed E-state index contributed by atoms with van der Waals surface area (Å²) in [6.45, 7) is 0.135. The SMILES string of the molecule is NNC(=O)N(N)c1cccc(Br)c1COc1cccc(Cl)n1.